The average molecular weight is 302 g/mol. The maximum absolute atomic E-state index is 12.1. The van der Waals surface area contributed by atoms with Crippen molar-refractivity contribution in [3.05, 3.63) is 18.1 Å². The van der Waals surface area contributed by atoms with E-state index in [1.807, 2.05) is 12.3 Å². The Labute approximate surface area is 132 Å². The fourth-order valence-corrected chi connectivity index (χ4v) is 2.80. The highest BCUT2D eigenvalue weighted by atomic mass is 16.2. The summed E-state index contributed by atoms with van der Waals surface area (Å²) in [5.74, 6) is 2.28. The van der Waals surface area contributed by atoms with Crippen LogP contribution in [-0.2, 0) is 10.2 Å². The van der Waals surface area contributed by atoms with Gasteiger partial charge >= 0.3 is 0 Å². The third kappa shape index (κ3) is 3.57. The summed E-state index contributed by atoms with van der Waals surface area (Å²) in [5, 5.41) is 3.12. The topological polar surface area (TPSA) is 58.1 Å². The van der Waals surface area contributed by atoms with E-state index < -0.39 is 0 Å². The van der Waals surface area contributed by atoms with Gasteiger partial charge in [0, 0.05) is 36.7 Å². The number of amides is 1. The largest absolute Gasteiger partial charge is 0.356 e. The van der Waals surface area contributed by atoms with E-state index >= 15 is 0 Å². The van der Waals surface area contributed by atoms with Crippen LogP contribution in [0.3, 0.4) is 0 Å². The first kappa shape index (κ1) is 15.3. The summed E-state index contributed by atoms with van der Waals surface area (Å²) in [7, 11) is 0. The predicted molar refractivity (Wildman–Crippen MR) is 86.8 cm³/mol. The van der Waals surface area contributed by atoms with E-state index in [0.717, 1.165) is 50.4 Å². The van der Waals surface area contributed by atoms with E-state index in [2.05, 4.69) is 36.0 Å². The molecule has 120 valence electrons. The molecule has 2 fully saturated rings. The van der Waals surface area contributed by atoms with Crippen molar-refractivity contribution in [2.45, 2.75) is 57.9 Å². The van der Waals surface area contributed by atoms with Gasteiger partial charge < -0.3 is 10.2 Å². The van der Waals surface area contributed by atoms with Crippen LogP contribution < -0.4 is 10.2 Å². The lowest BCUT2D eigenvalue weighted by atomic mass is 9.95. The first-order valence-corrected chi connectivity index (χ1v) is 8.32. The van der Waals surface area contributed by atoms with E-state index in [9.17, 15) is 4.79 Å². The molecule has 5 nitrogen and oxygen atoms in total. The molecule has 0 radical (unpaired) electrons. The first-order chi connectivity index (χ1) is 10.4. The first-order valence-electron chi connectivity index (χ1n) is 8.32. The van der Waals surface area contributed by atoms with Gasteiger partial charge in [-0.25, -0.2) is 9.97 Å². The number of aromatic nitrogens is 2. The van der Waals surface area contributed by atoms with Gasteiger partial charge in [0.2, 0.25) is 5.91 Å². The maximum atomic E-state index is 12.1. The minimum atomic E-state index is -0.0432. The zero-order valence-corrected chi connectivity index (χ0v) is 13.8. The molecule has 1 aliphatic carbocycles. The molecule has 1 saturated carbocycles. The number of rotatable bonds is 3. The number of anilines is 1. The van der Waals surface area contributed by atoms with Crippen LogP contribution in [-0.4, -0.2) is 35.0 Å². The zero-order chi connectivity index (χ0) is 15.7. The van der Waals surface area contributed by atoms with Crippen molar-refractivity contribution in [3.8, 4) is 0 Å². The van der Waals surface area contributed by atoms with Crippen molar-refractivity contribution < 1.29 is 4.79 Å². The minimum Gasteiger partial charge on any atom is -0.356 e. The Balaban J connectivity index is 1.60. The molecule has 1 aromatic heterocycles. The third-order valence-corrected chi connectivity index (χ3v) is 4.43. The number of nitrogens with zero attached hydrogens (tertiary/aromatic N) is 3. The van der Waals surface area contributed by atoms with E-state index in [0.29, 0.717) is 6.04 Å². The van der Waals surface area contributed by atoms with Gasteiger partial charge in [0.25, 0.3) is 0 Å². The van der Waals surface area contributed by atoms with E-state index in [1.165, 1.54) is 0 Å². The second-order valence-electron chi connectivity index (χ2n) is 7.53. The molecule has 1 aromatic rings. The van der Waals surface area contributed by atoms with Gasteiger partial charge in [0.05, 0.1) is 0 Å². The van der Waals surface area contributed by atoms with E-state index in [-0.39, 0.29) is 17.2 Å². The van der Waals surface area contributed by atoms with Gasteiger partial charge in [-0.2, -0.15) is 0 Å². The Kier molecular flexibility index (Phi) is 4.06. The molecule has 0 unspecified atom stereocenters. The summed E-state index contributed by atoms with van der Waals surface area (Å²) in [5.41, 5.74) is -0.0432. The fraction of sp³-hybridized carbons (Fsp3) is 0.706. The molecule has 5 heteroatoms. The van der Waals surface area contributed by atoms with Crippen molar-refractivity contribution >= 4 is 11.7 Å². The molecule has 22 heavy (non-hydrogen) atoms. The molecule has 2 heterocycles. The smallest absolute Gasteiger partial charge is 0.223 e. The van der Waals surface area contributed by atoms with Gasteiger partial charge in [-0.3, -0.25) is 4.79 Å². The summed E-state index contributed by atoms with van der Waals surface area (Å²) >= 11 is 0. The van der Waals surface area contributed by atoms with Crippen LogP contribution in [0.25, 0.3) is 0 Å². The highest BCUT2D eigenvalue weighted by Gasteiger charge is 2.30. The highest BCUT2D eigenvalue weighted by molar-refractivity contribution is 5.79. The van der Waals surface area contributed by atoms with Crippen LogP contribution in [0.15, 0.2) is 12.3 Å². The second-order valence-corrected chi connectivity index (χ2v) is 7.53. The van der Waals surface area contributed by atoms with Crippen LogP contribution in [0.1, 0.15) is 52.3 Å². The number of carbonyl (C=O) groups is 1. The van der Waals surface area contributed by atoms with Crippen LogP contribution in [0.4, 0.5) is 5.82 Å². The summed E-state index contributed by atoms with van der Waals surface area (Å²) in [6.45, 7) is 8.16. The lowest BCUT2D eigenvalue weighted by molar-refractivity contribution is -0.125. The summed E-state index contributed by atoms with van der Waals surface area (Å²) in [6.07, 6.45) is 5.97. The van der Waals surface area contributed by atoms with Crippen LogP contribution in [0.2, 0.25) is 0 Å². The Hall–Kier alpha value is -1.65. The molecule has 0 atom stereocenters. The van der Waals surface area contributed by atoms with Gasteiger partial charge in [-0.05, 0) is 31.7 Å². The molecule has 2 aliphatic rings. The Bertz CT molecular complexity index is 540. The van der Waals surface area contributed by atoms with Crippen LogP contribution in [0.5, 0.6) is 0 Å². The molecule has 1 aliphatic heterocycles. The van der Waals surface area contributed by atoms with Crippen LogP contribution in [0, 0.1) is 5.92 Å². The molecule has 1 saturated heterocycles. The van der Waals surface area contributed by atoms with Crippen molar-refractivity contribution in [2.24, 2.45) is 5.92 Å². The molecule has 1 N–H and O–H groups in total. The number of piperidine rings is 1. The molecule has 0 spiro atoms. The average Bonchev–Trinajstić information content (AvgIpc) is 3.31. The molecule has 3 rings (SSSR count). The molecular formula is C17H26N4O. The molecule has 0 bridgehead atoms. The van der Waals surface area contributed by atoms with Crippen molar-refractivity contribution in [1.29, 1.82) is 0 Å². The van der Waals surface area contributed by atoms with E-state index in [4.69, 9.17) is 4.98 Å². The minimum absolute atomic E-state index is 0.0432. The Morgan fingerprint density at radius 1 is 1.23 bits per heavy atom. The quantitative estimate of drug-likeness (QED) is 0.930. The standard InChI is InChI=1S/C17H26N4O/c1-17(2,3)16-18-9-6-14(20-16)21-10-7-12(8-11-21)15(22)19-13-4-5-13/h6,9,12-13H,4-5,7-8,10-11H2,1-3H3,(H,19,22). The van der Waals surface area contributed by atoms with E-state index in [1.54, 1.807) is 0 Å². The van der Waals surface area contributed by atoms with Crippen molar-refractivity contribution in [3.63, 3.8) is 0 Å². The van der Waals surface area contributed by atoms with Crippen molar-refractivity contribution in [1.82, 2.24) is 15.3 Å². The molecule has 0 aromatic carbocycles. The monoisotopic (exact) mass is 302 g/mol. The number of hydrogen-bond acceptors (Lipinski definition) is 4. The second kappa shape index (κ2) is 5.86. The number of nitrogens with one attached hydrogen (secondary N) is 1. The van der Waals surface area contributed by atoms with Gasteiger partial charge in [-0.15, -0.1) is 0 Å². The van der Waals surface area contributed by atoms with Gasteiger partial charge in [-0.1, -0.05) is 20.8 Å². The van der Waals surface area contributed by atoms with Gasteiger partial charge in [0.15, 0.2) is 0 Å². The summed E-state index contributed by atoms with van der Waals surface area (Å²) in [4.78, 5) is 23.5. The maximum Gasteiger partial charge on any atom is 0.223 e. The lowest BCUT2D eigenvalue weighted by Gasteiger charge is -2.32. The summed E-state index contributed by atoms with van der Waals surface area (Å²) < 4.78 is 0. The van der Waals surface area contributed by atoms with Crippen LogP contribution >= 0.6 is 0 Å². The predicted octanol–water partition coefficient (Wildman–Crippen LogP) is 2.27. The Morgan fingerprint density at radius 2 is 1.91 bits per heavy atom. The fourth-order valence-electron chi connectivity index (χ4n) is 2.80. The Morgan fingerprint density at radius 3 is 2.50 bits per heavy atom. The summed E-state index contributed by atoms with van der Waals surface area (Å²) in [6, 6.07) is 2.43. The normalized spacial score (nSPS) is 20.0. The van der Waals surface area contributed by atoms with Gasteiger partial charge in [0.1, 0.15) is 11.6 Å². The van der Waals surface area contributed by atoms with Crippen molar-refractivity contribution in [2.75, 3.05) is 18.0 Å². The number of carbonyl (C=O) groups excluding carboxylic acids is 1. The number of hydrogen-bond donors (Lipinski definition) is 1. The SMILES string of the molecule is CC(C)(C)c1nccc(N2CCC(C(=O)NC3CC3)CC2)n1. The third-order valence-electron chi connectivity index (χ3n) is 4.43. The highest BCUT2D eigenvalue weighted by Crippen LogP contribution is 2.26. The zero-order valence-electron chi connectivity index (χ0n) is 13.8. The molecule has 1 amide bonds. The molecular weight excluding hydrogens is 276 g/mol. The lowest BCUT2D eigenvalue weighted by Crippen LogP contribution is -2.41.